The monoisotopic (exact) mass is 361 g/mol. The van der Waals surface area contributed by atoms with Crippen molar-refractivity contribution in [2.24, 2.45) is 0 Å². The molecule has 0 fully saturated rings. The van der Waals surface area contributed by atoms with Gasteiger partial charge in [0.25, 0.3) is 6.43 Å². The average Bonchev–Trinajstić information content (AvgIpc) is 2.08. The SMILES string of the molecule is Cc1c(I)ncc(CBr)c1C(F)F. The molecule has 0 aliphatic carbocycles. The molecule has 0 aliphatic rings. The van der Waals surface area contributed by atoms with Crippen molar-refractivity contribution in [1.29, 1.82) is 0 Å². The van der Waals surface area contributed by atoms with Gasteiger partial charge in [-0.3, -0.25) is 0 Å². The summed E-state index contributed by atoms with van der Waals surface area (Å²) in [6.45, 7) is 1.67. The quantitative estimate of drug-likeness (QED) is 0.443. The van der Waals surface area contributed by atoms with E-state index in [1.165, 1.54) is 6.20 Å². The van der Waals surface area contributed by atoms with Crippen molar-refractivity contribution in [3.63, 3.8) is 0 Å². The molecule has 0 N–H and O–H groups in total. The topological polar surface area (TPSA) is 12.9 Å². The summed E-state index contributed by atoms with van der Waals surface area (Å²) >= 11 is 5.12. The maximum absolute atomic E-state index is 12.6. The van der Waals surface area contributed by atoms with Crippen LogP contribution in [0.1, 0.15) is 23.1 Å². The van der Waals surface area contributed by atoms with Crippen LogP contribution in [0, 0.1) is 10.6 Å². The number of alkyl halides is 3. The maximum Gasteiger partial charge on any atom is 0.264 e. The molecular formula is C8H7BrF2IN. The van der Waals surface area contributed by atoms with E-state index in [0.717, 1.165) is 0 Å². The summed E-state index contributed by atoms with van der Waals surface area (Å²) in [7, 11) is 0. The molecule has 1 nitrogen and oxygen atoms in total. The summed E-state index contributed by atoms with van der Waals surface area (Å²) in [5, 5.41) is 0.414. The fourth-order valence-corrected chi connectivity index (χ4v) is 1.94. The highest BCUT2D eigenvalue weighted by Gasteiger charge is 2.17. The lowest BCUT2D eigenvalue weighted by atomic mass is 10.1. The number of hydrogen-bond donors (Lipinski definition) is 0. The third kappa shape index (κ3) is 2.37. The summed E-state index contributed by atoms with van der Waals surface area (Å²) < 4.78 is 25.8. The van der Waals surface area contributed by atoms with Crippen LogP contribution in [0.4, 0.5) is 8.78 Å². The molecule has 0 atom stereocenters. The Hall–Kier alpha value is 0.220. The molecule has 0 radical (unpaired) electrons. The minimum atomic E-state index is -2.43. The standard InChI is InChI=1S/C8H7BrF2IN/c1-4-6(7(10)11)5(2-9)3-13-8(4)12/h3,7H,2H2,1H3. The van der Waals surface area contributed by atoms with Crippen LogP contribution in [0.2, 0.25) is 0 Å². The van der Waals surface area contributed by atoms with Gasteiger partial charge in [-0.25, -0.2) is 13.8 Å². The van der Waals surface area contributed by atoms with Crippen LogP contribution >= 0.6 is 38.5 Å². The number of aromatic nitrogens is 1. The van der Waals surface area contributed by atoms with Gasteiger partial charge in [-0.15, -0.1) is 0 Å². The lowest BCUT2D eigenvalue weighted by Crippen LogP contribution is -2.00. The first kappa shape index (κ1) is 11.3. The Kier molecular flexibility index (Phi) is 4.03. The number of pyridine rings is 1. The van der Waals surface area contributed by atoms with Crippen molar-refractivity contribution in [3.8, 4) is 0 Å². The van der Waals surface area contributed by atoms with Crippen molar-refractivity contribution in [2.45, 2.75) is 18.7 Å². The molecule has 0 saturated carbocycles. The van der Waals surface area contributed by atoms with E-state index in [-0.39, 0.29) is 5.56 Å². The van der Waals surface area contributed by atoms with Gasteiger partial charge in [0.1, 0.15) is 3.70 Å². The molecule has 0 bridgehead atoms. The first-order chi connectivity index (χ1) is 6.07. The Morgan fingerprint density at radius 1 is 1.62 bits per heavy atom. The van der Waals surface area contributed by atoms with Crippen molar-refractivity contribution < 1.29 is 8.78 Å². The lowest BCUT2D eigenvalue weighted by Gasteiger charge is -2.10. The van der Waals surface area contributed by atoms with Gasteiger partial charge in [0, 0.05) is 17.1 Å². The van der Waals surface area contributed by atoms with Gasteiger partial charge in [0.15, 0.2) is 0 Å². The summed E-state index contributed by atoms with van der Waals surface area (Å²) in [6.07, 6.45) is -0.936. The molecule has 1 aromatic heterocycles. The highest BCUT2D eigenvalue weighted by molar-refractivity contribution is 14.1. The van der Waals surface area contributed by atoms with E-state index in [2.05, 4.69) is 20.9 Å². The number of nitrogens with zero attached hydrogens (tertiary/aromatic N) is 1. The second-order valence-corrected chi connectivity index (χ2v) is 4.13. The zero-order valence-electron chi connectivity index (χ0n) is 6.82. The van der Waals surface area contributed by atoms with E-state index in [1.54, 1.807) is 6.92 Å². The molecule has 1 heterocycles. The predicted molar refractivity (Wildman–Crippen MR) is 59.3 cm³/mol. The normalized spacial score (nSPS) is 10.9. The molecular weight excluding hydrogens is 355 g/mol. The van der Waals surface area contributed by atoms with Gasteiger partial charge < -0.3 is 0 Å². The molecule has 1 aromatic rings. The molecule has 1 rings (SSSR count). The summed E-state index contributed by atoms with van der Waals surface area (Å²) in [5.74, 6) is 0. The lowest BCUT2D eigenvalue weighted by molar-refractivity contribution is 0.149. The van der Waals surface area contributed by atoms with E-state index in [9.17, 15) is 8.78 Å². The Morgan fingerprint density at radius 2 is 2.23 bits per heavy atom. The third-order valence-electron chi connectivity index (χ3n) is 1.76. The fourth-order valence-electron chi connectivity index (χ4n) is 1.06. The molecule has 5 heteroatoms. The highest BCUT2D eigenvalue weighted by Crippen LogP contribution is 2.29. The van der Waals surface area contributed by atoms with Gasteiger partial charge in [-0.2, -0.15) is 0 Å². The second-order valence-electron chi connectivity index (χ2n) is 2.55. The number of halogens is 4. The van der Waals surface area contributed by atoms with E-state index >= 15 is 0 Å². The van der Waals surface area contributed by atoms with Gasteiger partial charge in [-0.05, 0) is 40.6 Å². The number of rotatable bonds is 2. The zero-order chi connectivity index (χ0) is 10.0. The molecule has 0 spiro atoms. The Balaban J connectivity index is 3.32. The summed E-state index contributed by atoms with van der Waals surface area (Å²) in [5.41, 5.74) is 1.25. The largest absolute Gasteiger partial charge is 0.264 e. The first-order valence-corrected chi connectivity index (χ1v) is 5.76. The second kappa shape index (κ2) is 4.63. The molecule has 0 unspecified atom stereocenters. The molecule has 13 heavy (non-hydrogen) atoms. The van der Waals surface area contributed by atoms with Crippen LogP contribution in [0.5, 0.6) is 0 Å². The minimum Gasteiger partial charge on any atom is -0.250 e. The van der Waals surface area contributed by atoms with Crippen LogP contribution in [0.15, 0.2) is 6.20 Å². The van der Waals surface area contributed by atoms with Crippen LogP contribution in [-0.4, -0.2) is 4.98 Å². The predicted octanol–water partition coefficient (Wildman–Crippen LogP) is 3.83. The van der Waals surface area contributed by atoms with Crippen LogP contribution in [0.25, 0.3) is 0 Å². The molecule has 72 valence electrons. The average molecular weight is 362 g/mol. The first-order valence-electron chi connectivity index (χ1n) is 3.56. The minimum absolute atomic E-state index is 0.108. The van der Waals surface area contributed by atoms with Gasteiger partial charge in [0.05, 0.1) is 0 Å². The van der Waals surface area contributed by atoms with Gasteiger partial charge in [0.2, 0.25) is 0 Å². The van der Waals surface area contributed by atoms with Crippen molar-refractivity contribution in [1.82, 2.24) is 4.98 Å². The zero-order valence-corrected chi connectivity index (χ0v) is 10.6. The third-order valence-corrected chi connectivity index (χ3v) is 3.45. The van der Waals surface area contributed by atoms with Gasteiger partial charge >= 0.3 is 0 Å². The molecule has 0 aromatic carbocycles. The molecule has 0 amide bonds. The van der Waals surface area contributed by atoms with Crippen molar-refractivity contribution >= 4 is 38.5 Å². The number of hydrogen-bond acceptors (Lipinski definition) is 1. The fraction of sp³-hybridized carbons (Fsp3) is 0.375. The Labute approximate surface area is 97.2 Å². The van der Waals surface area contributed by atoms with E-state index in [0.29, 0.717) is 20.2 Å². The van der Waals surface area contributed by atoms with Crippen LogP contribution in [-0.2, 0) is 5.33 Å². The van der Waals surface area contributed by atoms with E-state index < -0.39 is 6.43 Å². The van der Waals surface area contributed by atoms with Crippen molar-refractivity contribution in [3.05, 3.63) is 26.6 Å². The summed E-state index contributed by atoms with van der Waals surface area (Å²) in [6, 6.07) is 0. The smallest absolute Gasteiger partial charge is 0.250 e. The van der Waals surface area contributed by atoms with Crippen LogP contribution in [0.3, 0.4) is 0 Å². The summed E-state index contributed by atoms with van der Waals surface area (Å²) in [4.78, 5) is 4.02. The Bertz CT molecular complexity index is 317. The van der Waals surface area contributed by atoms with Crippen LogP contribution < -0.4 is 0 Å². The van der Waals surface area contributed by atoms with E-state index in [4.69, 9.17) is 0 Å². The van der Waals surface area contributed by atoms with E-state index in [1.807, 2.05) is 22.6 Å². The molecule has 0 aliphatic heterocycles. The highest BCUT2D eigenvalue weighted by atomic mass is 127. The molecule has 0 saturated heterocycles. The Morgan fingerprint density at radius 3 is 2.69 bits per heavy atom. The van der Waals surface area contributed by atoms with Crippen molar-refractivity contribution in [2.75, 3.05) is 0 Å². The maximum atomic E-state index is 12.6. The van der Waals surface area contributed by atoms with Gasteiger partial charge in [-0.1, -0.05) is 15.9 Å².